The molecule has 0 bridgehead atoms. The third-order valence-electron chi connectivity index (χ3n) is 3.33. The summed E-state index contributed by atoms with van der Waals surface area (Å²) in [6.07, 6.45) is -0.617. The van der Waals surface area contributed by atoms with Gasteiger partial charge in [-0.05, 0) is 17.7 Å². The molecule has 0 spiro atoms. The van der Waals surface area contributed by atoms with Crippen molar-refractivity contribution in [2.75, 3.05) is 6.61 Å². The van der Waals surface area contributed by atoms with Crippen molar-refractivity contribution in [1.29, 1.82) is 0 Å². The summed E-state index contributed by atoms with van der Waals surface area (Å²) in [5.41, 5.74) is 5.60. The van der Waals surface area contributed by atoms with Crippen LogP contribution in [-0.2, 0) is 16.0 Å². The van der Waals surface area contributed by atoms with Crippen molar-refractivity contribution in [2.45, 2.75) is 12.5 Å². The summed E-state index contributed by atoms with van der Waals surface area (Å²) in [5.74, 6) is 0.349. The van der Waals surface area contributed by atoms with Crippen LogP contribution in [0, 0.1) is 0 Å². The fourth-order valence-electron chi connectivity index (χ4n) is 2.19. The molecule has 2 amide bonds. The van der Waals surface area contributed by atoms with Crippen LogP contribution < -0.4 is 20.3 Å². The van der Waals surface area contributed by atoms with E-state index >= 15 is 0 Å². The molecule has 0 saturated heterocycles. The summed E-state index contributed by atoms with van der Waals surface area (Å²) < 4.78 is 11.0. The average Bonchev–Trinajstić information content (AvgIpc) is 2.60. The van der Waals surface area contributed by atoms with E-state index in [1.807, 2.05) is 36.4 Å². The average molecular weight is 312 g/mol. The van der Waals surface area contributed by atoms with Crippen LogP contribution in [0.2, 0.25) is 0 Å². The van der Waals surface area contributed by atoms with Gasteiger partial charge in [0.15, 0.2) is 11.5 Å². The van der Waals surface area contributed by atoms with Crippen LogP contribution in [-0.4, -0.2) is 24.5 Å². The van der Waals surface area contributed by atoms with Gasteiger partial charge in [-0.3, -0.25) is 20.4 Å². The Morgan fingerprint density at radius 2 is 1.65 bits per heavy atom. The molecular formula is C17H16N2O4. The highest BCUT2D eigenvalue weighted by Gasteiger charge is 2.27. The molecule has 0 aromatic heterocycles. The molecule has 1 aliphatic heterocycles. The van der Waals surface area contributed by atoms with Crippen LogP contribution in [0.15, 0.2) is 54.6 Å². The number of carbonyl (C=O) groups is 2. The minimum Gasteiger partial charge on any atom is -0.485 e. The van der Waals surface area contributed by atoms with Crippen LogP contribution in [0.3, 0.4) is 0 Å². The van der Waals surface area contributed by atoms with Gasteiger partial charge in [-0.1, -0.05) is 42.5 Å². The van der Waals surface area contributed by atoms with E-state index in [9.17, 15) is 9.59 Å². The Morgan fingerprint density at radius 1 is 0.957 bits per heavy atom. The zero-order valence-electron chi connectivity index (χ0n) is 12.3. The second-order valence-corrected chi connectivity index (χ2v) is 5.06. The van der Waals surface area contributed by atoms with E-state index in [2.05, 4.69) is 10.9 Å². The smallest absolute Gasteiger partial charge is 0.283 e. The Balaban J connectivity index is 1.49. The molecule has 118 valence electrons. The maximum atomic E-state index is 12.0. The van der Waals surface area contributed by atoms with Crippen molar-refractivity contribution in [3.05, 3.63) is 60.2 Å². The van der Waals surface area contributed by atoms with Crippen molar-refractivity contribution in [3.63, 3.8) is 0 Å². The molecule has 2 N–H and O–H groups in total. The van der Waals surface area contributed by atoms with Gasteiger partial charge in [-0.25, -0.2) is 0 Å². The molecule has 1 heterocycles. The molecular weight excluding hydrogens is 296 g/mol. The van der Waals surface area contributed by atoms with Gasteiger partial charge in [0, 0.05) is 0 Å². The van der Waals surface area contributed by atoms with E-state index in [4.69, 9.17) is 9.47 Å². The zero-order chi connectivity index (χ0) is 16.1. The second-order valence-electron chi connectivity index (χ2n) is 5.06. The topological polar surface area (TPSA) is 76.7 Å². The predicted molar refractivity (Wildman–Crippen MR) is 82.8 cm³/mol. The first-order valence-electron chi connectivity index (χ1n) is 7.23. The molecule has 1 aliphatic rings. The summed E-state index contributed by atoms with van der Waals surface area (Å²) in [7, 11) is 0. The number of hydrazine groups is 1. The number of rotatable bonds is 3. The van der Waals surface area contributed by atoms with E-state index < -0.39 is 12.0 Å². The van der Waals surface area contributed by atoms with Crippen molar-refractivity contribution in [2.24, 2.45) is 0 Å². The number of nitrogens with one attached hydrogen (secondary N) is 2. The molecule has 0 fully saturated rings. The molecule has 1 atom stereocenters. The number of benzene rings is 2. The lowest BCUT2D eigenvalue weighted by Gasteiger charge is -2.25. The molecule has 2 aromatic rings. The highest BCUT2D eigenvalue weighted by molar-refractivity contribution is 5.86. The fraction of sp³-hybridized carbons (Fsp3) is 0.176. The fourth-order valence-corrected chi connectivity index (χ4v) is 2.19. The first-order valence-corrected chi connectivity index (χ1v) is 7.23. The Labute approximate surface area is 133 Å². The third kappa shape index (κ3) is 3.79. The Hall–Kier alpha value is -3.02. The van der Waals surface area contributed by atoms with Crippen LogP contribution in [0.5, 0.6) is 11.5 Å². The molecule has 6 heteroatoms. The summed E-state index contributed by atoms with van der Waals surface area (Å²) >= 11 is 0. The first kappa shape index (κ1) is 14.9. The lowest BCUT2D eigenvalue weighted by molar-refractivity contribution is -0.134. The maximum Gasteiger partial charge on any atom is 0.283 e. The van der Waals surface area contributed by atoms with E-state index in [1.165, 1.54) is 0 Å². The van der Waals surface area contributed by atoms with Gasteiger partial charge in [0.05, 0.1) is 6.42 Å². The SMILES string of the molecule is O=C(Cc1ccccc1)NNC(=O)[C@@H]1COc2ccccc2O1. The van der Waals surface area contributed by atoms with E-state index in [0.29, 0.717) is 11.5 Å². The predicted octanol–water partition coefficient (Wildman–Crippen LogP) is 1.22. The van der Waals surface area contributed by atoms with Crippen molar-refractivity contribution in [1.82, 2.24) is 10.9 Å². The number of ether oxygens (including phenoxy) is 2. The first-order chi connectivity index (χ1) is 11.2. The standard InChI is InChI=1S/C17H16N2O4/c20-16(10-12-6-2-1-3-7-12)18-19-17(21)15-11-22-13-8-4-5-9-14(13)23-15/h1-9,15H,10-11H2,(H,18,20)(H,19,21)/t15-/m0/s1. The number of para-hydroxylation sites is 2. The van der Waals surface area contributed by atoms with Gasteiger partial charge >= 0.3 is 0 Å². The molecule has 0 unspecified atom stereocenters. The van der Waals surface area contributed by atoms with Gasteiger partial charge < -0.3 is 9.47 Å². The molecule has 0 radical (unpaired) electrons. The molecule has 0 saturated carbocycles. The van der Waals surface area contributed by atoms with Crippen molar-refractivity contribution < 1.29 is 19.1 Å². The number of amides is 2. The molecule has 6 nitrogen and oxygen atoms in total. The van der Waals surface area contributed by atoms with E-state index in [-0.39, 0.29) is 18.9 Å². The minimum absolute atomic E-state index is 0.0946. The van der Waals surface area contributed by atoms with Crippen LogP contribution in [0.25, 0.3) is 0 Å². The van der Waals surface area contributed by atoms with E-state index in [1.54, 1.807) is 18.2 Å². The molecule has 0 aliphatic carbocycles. The van der Waals surface area contributed by atoms with Gasteiger partial charge in [0.25, 0.3) is 5.91 Å². The zero-order valence-corrected chi connectivity index (χ0v) is 12.3. The van der Waals surface area contributed by atoms with Crippen LogP contribution >= 0.6 is 0 Å². The van der Waals surface area contributed by atoms with Gasteiger partial charge in [-0.15, -0.1) is 0 Å². The van der Waals surface area contributed by atoms with Crippen molar-refractivity contribution >= 4 is 11.8 Å². The lowest BCUT2D eigenvalue weighted by atomic mass is 10.1. The lowest BCUT2D eigenvalue weighted by Crippen LogP contribution is -2.51. The molecule has 2 aromatic carbocycles. The summed E-state index contributed by atoms with van der Waals surface area (Å²) in [5, 5.41) is 0. The minimum atomic E-state index is -0.804. The number of hydrogen-bond acceptors (Lipinski definition) is 4. The van der Waals surface area contributed by atoms with Crippen molar-refractivity contribution in [3.8, 4) is 11.5 Å². The van der Waals surface area contributed by atoms with E-state index in [0.717, 1.165) is 5.56 Å². The molecule has 23 heavy (non-hydrogen) atoms. The third-order valence-corrected chi connectivity index (χ3v) is 3.33. The summed E-state index contributed by atoms with van der Waals surface area (Å²) in [6, 6.07) is 16.4. The Bertz CT molecular complexity index is 703. The van der Waals surface area contributed by atoms with Crippen LogP contribution in [0.1, 0.15) is 5.56 Å². The highest BCUT2D eigenvalue weighted by atomic mass is 16.6. The van der Waals surface area contributed by atoms with Gasteiger partial charge in [-0.2, -0.15) is 0 Å². The largest absolute Gasteiger partial charge is 0.485 e. The maximum absolute atomic E-state index is 12.0. The van der Waals surface area contributed by atoms with Gasteiger partial charge in [0.1, 0.15) is 6.61 Å². The normalized spacial score (nSPS) is 15.6. The highest BCUT2D eigenvalue weighted by Crippen LogP contribution is 2.30. The summed E-state index contributed by atoms with van der Waals surface area (Å²) in [6.45, 7) is 0.0946. The Morgan fingerprint density at radius 3 is 2.43 bits per heavy atom. The monoisotopic (exact) mass is 312 g/mol. The van der Waals surface area contributed by atoms with Crippen LogP contribution in [0.4, 0.5) is 0 Å². The number of fused-ring (bicyclic) bond motifs is 1. The number of carbonyl (C=O) groups excluding carboxylic acids is 2. The molecule has 3 rings (SSSR count). The van der Waals surface area contributed by atoms with Gasteiger partial charge in [0.2, 0.25) is 12.0 Å². The Kier molecular flexibility index (Phi) is 4.42. The summed E-state index contributed by atoms with van der Waals surface area (Å²) in [4.78, 5) is 23.8. The number of hydrogen-bond donors (Lipinski definition) is 2. The quantitative estimate of drug-likeness (QED) is 0.836. The second kappa shape index (κ2) is 6.83.